The largest absolute Gasteiger partial charge is 0.463 e. The van der Waals surface area contributed by atoms with Crippen LogP contribution in [0.3, 0.4) is 0 Å². The van der Waals surface area contributed by atoms with Gasteiger partial charge in [-0.3, -0.25) is 9.69 Å². The van der Waals surface area contributed by atoms with Crippen molar-refractivity contribution in [1.82, 2.24) is 4.90 Å². The summed E-state index contributed by atoms with van der Waals surface area (Å²) >= 11 is 0. The van der Waals surface area contributed by atoms with Gasteiger partial charge in [-0.2, -0.15) is 0 Å². The van der Waals surface area contributed by atoms with Crippen LogP contribution in [0.15, 0.2) is 0 Å². The fourth-order valence-electron chi connectivity index (χ4n) is 2.58. The lowest BCUT2D eigenvalue weighted by Gasteiger charge is -2.44. The molecule has 0 aromatic rings. The van der Waals surface area contributed by atoms with E-state index in [0.717, 1.165) is 19.3 Å². The molecule has 4 nitrogen and oxygen atoms in total. The molecule has 2 aliphatic rings. The normalized spacial score (nSPS) is 36.6. The van der Waals surface area contributed by atoms with Crippen LogP contribution in [-0.4, -0.2) is 46.8 Å². The molecule has 86 valence electrons. The van der Waals surface area contributed by atoms with Crippen LogP contribution in [0, 0.1) is 0 Å². The summed E-state index contributed by atoms with van der Waals surface area (Å²) in [5.41, 5.74) is -0.0946. The molecule has 15 heavy (non-hydrogen) atoms. The number of hydrogen-bond acceptors (Lipinski definition) is 4. The highest BCUT2D eigenvalue weighted by atomic mass is 16.5. The smallest absolute Gasteiger partial charge is 0.320 e. The number of nitrogens with zero attached hydrogens (tertiary/aromatic N) is 1. The van der Waals surface area contributed by atoms with Crippen LogP contribution in [0.4, 0.5) is 0 Å². The van der Waals surface area contributed by atoms with E-state index in [2.05, 4.69) is 18.7 Å². The Bertz CT molecular complexity index is 265. The minimum absolute atomic E-state index is 0.0946. The second-order valence-electron chi connectivity index (χ2n) is 5.22. The first-order valence-electron chi connectivity index (χ1n) is 5.59. The molecule has 1 saturated carbocycles. The van der Waals surface area contributed by atoms with Crippen LogP contribution in [0.1, 0.15) is 33.1 Å². The number of hydrogen-bond donors (Lipinski definition) is 1. The van der Waals surface area contributed by atoms with E-state index in [4.69, 9.17) is 4.74 Å². The zero-order chi connectivity index (χ0) is 11.1. The second kappa shape index (κ2) is 3.76. The van der Waals surface area contributed by atoms with Crippen molar-refractivity contribution in [3.05, 3.63) is 0 Å². The molecule has 2 rings (SSSR count). The van der Waals surface area contributed by atoms with Gasteiger partial charge in [-0.1, -0.05) is 0 Å². The van der Waals surface area contributed by atoms with Crippen molar-refractivity contribution >= 4 is 5.97 Å². The summed E-state index contributed by atoms with van der Waals surface area (Å²) in [4.78, 5) is 13.5. The van der Waals surface area contributed by atoms with Crippen LogP contribution < -0.4 is 0 Å². The molecule has 0 radical (unpaired) electrons. The summed E-state index contributed by atoms with van der Waals surface area (Å²) in [5.74, 6) is -0.143. The lowest BCUT2D eigenvalue weighted by molar-refractivity contribution is -0.163. The monoisotopic (exact) mass is 213 g/mol. The van der Waals surface area contributed by atoms with E-state index in [-0.39, 0.29) is 17.6 Å². The molecular weight excluding hydrogens is 194 g/mol. The highest BCUT2D eigenvalue weighted by Gasteiger charge is 2.41. The third kappa shape index (κ3) is 2.16. The molecule has 2 fully saturated rings. The molecule has 0 aromatic carbocycles. The number of ether oxygens (including phenoxy) is 1. The third-order valence-electron chi connectivity index (χ3n) is 3.48. The van der Waals surface area contributed by atoms with E-state index in [1.54, 1.807) is 0 Å². The van der Waals surface area contributed by atoms with E-state index < -0.39 is 0 Å². The number of aliphatic hydroxyl groups excluding tert-OH is 1. The van der Waals surface area contributed by atoms with Crippen molar-refractivity contribution in [1.29, 1.82) is 0 Å². The average Bonchev–Trinajstić information content (AvgIpc) is 2.56. The number of rotatable bonds is 1. The highest BCUT2D eigenvalue weighted by Crippen LogP contribution is 2.31. The van der Waals surface area contributed by atoms with E-state index >= 15 is 0 Å². The van der Waals surface area contributed by atoms with Crippen LogP contribution in [-0.2, 0) is 9.53 Å². The summed E-state index contributed by atoms with van der Waals surface area (Å²) in [6, 6.07) is 0.336. The lowest BCUT2D eigenvalue weighted by atomic mass is 9.98. The van der Waals surface area contributed by atoms with Gasteiger partial charge in [0.05, 0.1) is 18.2 Å². The van der Waals surface area contributed by atoms with Crippen LogP contribution in [0.25, 0.3) is 0 Å². The quantitative estimate of drug-likeness (QED) is 0.646. The van der Waals surface area contributed by atoms with Crippen LogP contribution in [0.2, 0.25) is 0 Å². The summed E-state index contributed by atoms with van der Waals surface area (Å²) in [6.07, 6.45) is 2.43. The van der Waals surface area contributed by atoms with Gasteiger partial charge in [-0.05, 0) is 33.1 Å². The fraction of sp³-hybridized carbons (Fsp3) is 0.909. The van der Waals surface area contributed by atoms with Gasteiger partial charge >= 0.3 is 5.97 Å². The Hall–Kier alpha value is -0.610. The Labute approximate surface area is 90.2 Å². The van der Waals surface area contributed by atoms with E-state index in [9.17, 15) is 9.90 Å². The molecule has 0 bridgehead atoms. The van der Waals surface area contributed by atoms with Gasteiger partial charge in [-0.15, -0.1) is 0 Å². The maximum Gasteiger partial charge on any atom is 0.320 e. The molecule has 1 N–H and O–H groups in total. The molecule has 0 aromatic heterocycles. The van der Waals surface area contributed by atoms with Crippen LogP contribution in [0.5, 0.6) is 0 Å². The van der Waals surface area contributed by atoms with Crippen molar-refractivity contribution in [2.75, 3.05) is 13.2 Å². The first-order chi connectivity index (χ1) is 6.99. The van der Waals surface area contributed by atoms with Gasteiger partial charge in [0.15, 0.2) is 0 Å². The van der Waals surface area contributed by atoms with Gasteiger partial charge in [0.1, 0.15) is 6.61 Å². The van der Waals surface area contributed by atoms with E-state index in [1.807, 2.05) is 0 Å². The molecule has 4 heteroatoms. The molecule has 2 unspecified atom stereocenters. The molecule has 1 saturated heterocycles. The predicted molar refractivity (Wildman–Crippen MR) is 55.4 cm³/mol. The SMILES string of the molecule is CC1(C)COC(=O)CN1C1CCC(O)C1. The first kappa shape index (κ1) is 10.9. The Morgan fingerprint density at radius 1 is 1.47 bits per heavy atom. The van der Waals surface area contributed by atoms with E-state index in [0.29, 0.717) is 19.2 Å². The lowest BCUT2D eigenvalue weighted by Crippen LogP contribution is -2.58. The molecule has 0 spiro atoms. The minimum atomic E-state index is -0.191. The number of carbonyl (C=O) groups is 1. The maximum absolute atomic E-state index is 11.3. The van der Waals surface area contributed by atoms with Crippen molar-refractivity contribution < 1.29 is 14.6 Å². The Kier molecular flexibility index (Phi) is 2.73. The Morgan fingerprint density at radius 3 is 2.80 bits per heavy atom. The number of esters is 1. The van der Waals surface area contributed by atoms with Crippen LogP contribution >= 0.6 is 0 Å². The van der Waals surface area contributed by atoms with Crippen molar-refractivity contribution in [3.8, 4) is 0 Å². The molecule has 1 aliphatic carbocycles. The van der Waals surface area contributed by atoms with Crippen molar-refractivity contribution in [2.24, 2.45) is 0 Å². The Morgan fingerprint density at radius 2 is 2.20 bits per heavy atom. The zero-order valence-electron chi connectivity index (χ0n) is 9.40. The molecule has 2 atom stereocenters. The Balaban J connectivity index is 2.07. The van der Waals surface area contributed by atoms with E-state index in [1.165, 1.54) is 0 Å². The maximum atomic E-state index is 11.3. The molecule has 1 heterocycles. The third-order valence-corrected chi connectivity index (χ3v) is 3.48. The second-order valence-corrected chi connectivity index (χ2v) is 5.22. The average molecular weight is 213 g/mol. The first-order valence-corrected chi connectivity index (χ1v) is 5.59. The molecular formula is C11H19NO3. The van der Waals surface area contributed by atoms with Crippen molar-refractivity contribution in [3.63, 3.8) is 0 Å². The predicted octanol–water partition coefficient (Wildman–Crippen LogP) is 0.537. The standard InChI is InChI=1S/C11H19NO3/c1-11(2)7-15-10(14)6-12(11)8-3-4-9(13)5-8/h8-9,13H,3-7H2,1-2H3. The van der Waals surface area contributed by atoms with Gasteiger partial charge in [0.2, 0.25) is 0 Å². The fourth-order valence-corrected chi connectivity index (χ4v) is 2.58. The van der Waals surface area contributed by atoms with Gasteiger partial charge in [-0.25, -0.2) is 0 Å². The number of carbonyl (C=O) groups excluding carboxylic acids is 1. The molecule has 1 aliphatic heterocycles. The minimum Gasteiger partial charge on any atom is -0.463 e. The number of aliphatic hydroxyl groups is 1. The summed E-state index contributed by atoms with van der Waals surface area (Å²) in [6.45, 7) is 5.00. The van der Waals surface area contributed by atoms with Gasteiger partial charge in [0, 0.05) is 6.04 Å². The number of morpholine rings is 1. The summed E-state index contributed by atoms with van der Waals surface area (Å²) in [5, 5.41) is 9.52. The van der Waals surface area contributed by atoms with Crippen molar-refractivity contribution in [2.45, 2.75) is 50.8 Å². The zero-order valence-corrected chi connectivity index (χ0v) is 9.40. The summed E-state index contributed by atoms with van der Waals surface area (Å²) < 4.78 is 5.07. The number of cyclic esters (lactones) is 1. The molecule has 0 amide bonds. The van der Waals surface area contributed by atoms with Gasteiger partial charge in [0.25, 0.3) is 0 Å². The summed E-state index contributed by atoms with van der Waals surface area (Å²) in [7, 11) is 0. The van der Waals surface area contributed by atoms with Gasteiger partial charge < -0.3 is 9.84 Å². The highest BCUT2D eigenvalue weighted by molar-refractivity contribution is 5.72. The topological polar surface area (TPSA) is 49.8 Å².